The minimum Gasteiger partial charge on any atom is -0.468 e. The molecule has 0 rings (SSSR count). The third-order valence-electron chi connectivity index (χ3n) is 1.36. The molecule has 1 atom stereocenters. The van der Waals surface area contributed by atoms with E-state index in [9.17, 15) is 4.79 Å². The van der Waals surface area contributed by atoms with Crippen LogP contribution in [0.15, 0.2) is 0 Å². The number of carbonyl (C=O) groups is 1. The Morgan fingerprint density at radius 1 is 1.73 bits per heavy atom. The van der Waals surface area contributed by atoms with E-state index in [1.54, 1.807) is 7.05 Å². The van der Waals surface area contributed by atoms with E-state index in [0.717, 1.165) is 0 Å². The summed E-state index contributed by atoms with van der Waals surface area (Å²) in [4.78, 5) is 15.2. The third kappa shape index (κ3) is 3.92. The molecule has 0 bridgehead atoms. The fraction of sp³-hybridized carbons (Fsp3) is 0.833. The minimum absolute atomic E-state index is 0.301. The summed E-state index contributed by atoms with van der Waals surface area (Å²) in [6.07, 6.45) is 0.514. The molecule has 0 aliphatic rings. The molecule has 11 heavy (non-hydrogen) atoms. The molecule has 5 nitrogen and oxygen atoms in total. The topological polar surface area (TPSA) is 73.6 Å². The lowest BCUT2D eigenvalue weighted by Crippen LogP contribution is -2.36. The van der Waals surface area contributed by atoms with E-state index in [-0.39, 0.29) is 12.0 Å². The van der Waals surface area contributed by atoms with Crippen LogP contribution in [0.5, 0.6) is 0 Å². The molecule has 1 unspecified atom stereocenters. The second-order valence-corrected chi connectivity index (χ2v) is 2.02. The van der Waals surface area contributed by atoms with Gasteiger partial charge in [0.05, 0.1) is 13.7 Å². The molecule has 66 valence electrons. The van der Waals surface area contributed by atoms with Gasteiger partial charge in [-0.2, -0.15) is 0 Å². The maximum absolute atomic E-state index is 10.9. The molecule has 0 aromatic rings. The number of hydrogen-bond acceptors (Lipinski definition) is 5. The zero-order valence-corrected chi connectivity index (χ0v) is 6.79. The third-order valence-corrected chi connectivity index (χ3v) is 1.36. The lowest BCUT2D eigenvalue weighted by Gasteiger charge is -2.11. The molecule has 0 heterocycles. The predicted molar refractivity (Wildman–Crippen MR) is 39.6 cm³/mol. The van der Waals surface area contributed by atoms with Crippen molar-refractivity contribution in [2.24, 2.45) is 5.90 Å². The van der Waals surface area contributed by atoms with Gasteiger partial charge in [0.1, 0.15) is 6.04 Å². The highest BCUT2D eigenvalue weighted by molar-refractivity contribution is 5.75. The van der Waals surface area contributed by atoms with Crippen LogP contribution < -0.4 is 11.2 Å². The summed E-state index contributed by atoms with van der Waals surface area (Å²) in [6.45, 7) is 0.334. The predicted octanol–water partition coefficient (Wildman–Crippen LogP) is -0.972. The number of methoxy groups -OCH3 is 1. The normalized spacial score (nSPS) is 12.6. The van der Waals surface area contributed by atoms with Gasteiger partial charge in [-0.1, -0.05) is 0 Å². The molecule has 0 aliphatic carbocycles. The maximum atomic E-state index is 10.9. The molecule has 0 amide bonds. The van der Waals surface area contributed by atoms with Crippen LogP contribution in [0.2, 0.25) is 0 Å². The van der Waals surface area contributed by atoms with Crippen molar-refractivity contribution in [1.29, 1.82) is 0 Å². The summed E-state index contributed by atoms with van der Waals surface area (Å²) in [5.74, 6) is 4.49. The van der Waals surface area contributed by atoms with Gasteiger partial charge in [0.25, 0.3) is 0 Å². The van der Waals surface area contributed by atoms with Crippen molar-refractivity contribution in [2.75, 3.05) is 20.8 Å². The van der Waals surface area contributed by atoms with Gasteiger partial charge in [0.2, 0.25) is 0 Å². The van der Waals surface area contributed by atoms with Crippen molar-refractivity contribution in [3.63, 3.8) is 0 Å². The summed E-state index contributed by atoms with van der Waals surface area (Å²) >= 11 is 0. The fourth-order valence-corrected chi connectivity index (χ4v) is 0.708. The number of carbonyl (C=O) groups excluding carboxylic acids is 1. The first-order chi connectivity index (χ1) is 5.26. The van der Waals surface area contributed by atoms with Crippen LogP contribution in [-0.2, 0) is 14.4 Å². The Balaban J connectivity index is 3.65. The lowest BCUT2D eigenvalue weighted by atomic mass is 10.2. The Labute approximate surface area is 65.8 Å². The highest BCUT2D eigenvalue weighted by atomic mass is 16.6. The number of ether oxygens (including phenoxy) is 1. The monoisotopic (exact) mass is 162 g/mol. The highest BCUT2D eigenvalue weighted by Crippen LogP contribution is 1.93. The zero-order chi connectivity index (χ0) is 8.69. The molecule has 0 aromatic carbocycles. The number of esters is 1. The second kappa shape index (κ2) is 6.09. The van der Waals surface area contributed by atoms with Crippen molar-refractivity contribution in [2.45, 2.75) is 12.5 Å². The Hall–Kier alpha value is -0.650. The first-order valence-corrected chi connectivity index (χ1v) is 3.33. The average Bonchev–Trinajstić information content (AvgIpc) is 2.05. The standard InChI is InChI=1S/C6H14N2O3/c1-8-5(3-4-11-7)6(9)10-2/h5,8H,3-4,7H2,1-2H3. The number of hydrogen-bond donors (Lipinski definition) is 2. The van der Waals surface area contributed by atoms with Crippen molar-refractivity contribution in [3.8, 4) is 0 Å². The fourth-order valence-electron chi connectivity index (χ4n) is 0.708. The molecule has 0 spiro atoms. The molecule has 0 aromatic heterocycles. The van der Waals surface area contributed by atoms with Crippen LogP contribution in [-0.4, -0.2) is 32.8 Å². The smallest absolute Gasteiger partial charge is 0.322 e. The SMILES string of the molecule is CNC(CCON)C(=O)OC. The second-order valence-electron chi connectivity index (χ2n) is 2.02. The van der Waals surface area contributed by atoms with Crippen LogP contribution in [0.4, 0.5) is 0 Å². The molecule has 3 N–H and O–H groups in total. The van der Waals surface area contributed by atoms with Gasteiger partial charge >= 0.3 is 5.97 Å². The maximum Gasteiger partial charge on any atom is 0.322 e. The Kier molecular flexibility index (Phi) is 5.73. The molecule has 0 saturated heterocycles. The van der Waals surface area contributed by atoms with E-state index >= 15 is 0 Å². The lowest BCUT2D eigenvalue weighted by molar-refractivity contribution is -0.143. The van der Waals surface area contributed by atoms with Crippen molar-refractivity contribution in [3.05, 3.63) is 0 Å². The van der Waals surface area contributed by atoms with Gasteiger partial charge in [0.15, 0.2) is 0 Å². The number of nitrogens with one attached hydrogen (secondary N) is 1. The van der Waals surface area contributed by atoms with Crippen molar-refractivity contribution in [1.82, 2.24) is 5.32 Å². The van der Waals surface area contributed by atoms with E-state index in [0.29, 0.717) is 13.0 Å². The summed E-state index contributed by atoms with van der Waals surface area (Å²) < 4.78 is 4.50. The number of rotatable bonds is 5. The summed E-state index contributed by atoms with van der Waals surface area (Å²) in [5, 5.41) is 2.78. The van der Waals surface area contributed by atoms with Crippen molar-refractivity contribution >= 4 is 5.97 Å². The van der Waals surface area contributed by atoms with Crippen LogP contribution in [0.3, 0.4) is 0 Å². The average molecular weight is 162 g/mol. The molecule has 0 aliphatic heterocycles. The van der Waals surface area contributed by atoms with Crippen LogP contribution in [0.25, 0.3) is 0 Å². The van der Waals surface area contributed by atoms with Gasteiger partial charge in [-0.25, -0.2) is 5.90 Å². The van der Waals surface area contributed by atoms with Crippen LogP contribution in [0, 0.1) is 0 Å². The van der Waals surface area contributed by atoms with Crippen LogP contribution in [0.1, 0.15) is 6.42 Å². The van der Waals surface area contributed by atoms with E-state index in [4.69, 9.17) is 5.90 Å². The summed E-state index contributed by atoms with van der Waals surface area (Å²) in [6, 6.07) is -0.330. The molecular weight excluding hydrogens is 148 g/mol. The van der Waals surface area contributed by atoms with Gasteiger partial charge in [-0.05, 0) is 13.5 Å². The molecule has 0 fully saturated rings. The Bertz CT molecular complexity index is 118. The van der Waals surface area contributed by atoms with Gasteiger partial charge in [0, 0.05) is 0 Å². The highest BCUT2D eigenvalue weighted by Gasteiger charge is 2.15. The Morgan fingerprint density at radius 3 is 2.73 bits per heavy atom. The van der Waals surface area contributed by atoms with Gasteiger partial charge in [-0.15, -0.1) is 0 Å². The van der Waals surface area contributed by atoms with Gasteiger partial charge < -0.3 is 14.9 Å². The van der Waals surface area contributed by atoms with E-state index in [2.05, 4.69) is 14.9 Å². The minimum atomic E-state index is -0.330. The van der Waals surface area contributed by atoms with Gasteiger partial charge in [-0.3, -0.25) is 4.79 Å². The molecule has 0 saturated carbocycles. The zero-order valence-electron chi connectivity index (χ0n) is 6.79. The largest absolute Gasteiger partial charge is 0.468 e. The van der Waals surface area contributed by atoms with Crippen LogP contribution >= 0.6 is 0 Å². The summed E-state index contributed by atoms with van der Waals surface area (Å²) in [5.41, 5.74) is 0. The molecule has 5 heteroatoms. The summed E-state index contributed by atoms with van der Waals surface area (Å²) in [7, 11) is 3.02. The molecule has 0 radical (unpaired) electrons. The first kappa shape index (κ1) is 10.3. The quantitative estimate of drug-likeness (QED) is 0.402. The number of nitrogens with two attached hydrogens (primary N) is 1. The molecular formula is C6H14N2O3. The van der Waals surface area contributed by atoms with Crippen molar-refractivity contribution < 1.29 is 14.4 Å². The van der Waals surface area contributed by atoms with E-state index < -0.39 is 0 Å². The van der Waals surface area contributed by atoms with E-state index in [1.807, 2.05) is 0 Å². The van der Waals surface area contributed by atoms with E-state index in [1.165, 1.54) is 7.11 Å². The first-order valence-electron chi connectivity index (χ1n) is 3.33. The Morgan fingerprint density at radius 2 is 2.36 bits per heavy atom. The number of likely N-dealkylation sites (N-methyl/N-ethyl adjacent to an activating group) is 1.